The molecule has 10 nitrogen and oxygen atoms in total. The maximum Gasteiger partial charge on any atom is 0.490 e. The van der Waals surface area contributed by atoms with E-state index in [0.29, 0.717) is 38.7 Å². The van der Waals surface area contributed by atoms with Crippen LogP contribution in [0.3, 0.4) is 0 Å². The Labute approximate surface area is 192 Å². The van der Waals surface area contributed by atoms with E-state index in [2.05, 4.69) is 4.98 Å². The topological polar surface area (TPSA) is 160 Å². The average Bonchev–Trinajstić information content (AvgIpc) is 3.48. The molecule has 4 N–H and O–H groups in total. The molecule has 0 aromatic carbocycles. The molecule has 0 bridgehead atoms. The molecule has 1 aliphatic carbocycles. The van der Waals surface area contributed by atoms with Gasteiger partial charge in [-0.3, -0.25) is 4.79 Å². The van der Waals surface area contributed by atoms with Crippen molar-refractivity contribution in [3.05, 3.63) is 30.2 Å². The zero-order valence-corrected chi connectivity index (χ0v) is 18.5. The third kappa shape index (κ3) is 6.64. The summed E-state index contributed by atoms with van der Waals surface area (Å²) in [7, 11) is -3.70. The Morgan fingerprint density at radius 1 is 1.26 bits per heavy atom. The first-order chi connectivity index (χ1) is 15.8. The number of sulfonamides is 1. The van der Waals surface area contributed by atoms with E-state index in [4.69, 9.17) is 25.5 Å². The minimum atomic E-state index is -5.08. The summed E-state index contributed by atoms with van der Waals surface area (Å²) >= 11 is 0. The predicted molar refractivity (Wildman–Crippen MR) is 108 cm³/mol. The number of carbonyl (C=O) groups is 2. The van der Waals surface area contributed by atoms with Gasteiger partial charge in [0.25, 0.3) is 0 Å². The Hall–Kier alpha value is -2.78. The number of alkyl halides is 3. The molecule has 1 saturated heterocycles. The van der Waals surface area contributed by atoms with Crippen LogP contribution in [0, 0.1) is 11.3 Å². The first-order valence-corrected chi connectivity index (χ1v) is 11.3. The molecule has 1 atom stereocenters. The number of halogens is 4. The van der Waals surface area contributed by atoms with Crippen molar-refractivity contribution in [3.8, 4) is 5.88 Å². The summed E-state index contributed by atoms with van der Waals surface area (Å²) in [6.07, 6.45) is -1.78. The minimum absolute atomic E-state index is 0.0160. The van der Waals surface area contributed by atoms with Crippen LogP contribution in [-0.4, -0.2) is 72.3 Å². The van der Waals surface area contributed by atoms with Gasteiger partial charge < -0.3 is 20.7 Å². The van der Waals surface area contributed by atoms with Gasteiger partial charge in [-0.2, -0.15) is 17.5 Å². The number of hydrogen-bond donors (Lipinski definition) is 3. The van der Waals surface area contributed by atoms with Crippen molar-refractivity contribution >= 4 is 22.0 Å². The second-order valence-electron chi connectivity index (χ2n) is 7.76. The molecule has 15 heteroatoms. The fourth-order valence-corrected chi connectivity index (χ4v) is 4.86. The van der Waals surface area contributed by atoms with Gasteiger partial charge in [-0.25, -0.2) is 22.6 Å². The summed E-state index contributed by atoms with van der Waals surface area (Å²) in [5.74, 6) is -3.74. The van der Waals surface area contributed by atoms with Crippen molar-refractivity contribution in [3.63, 3.8) is 0 Å². The zero-order valence-electron chi connectivity index (χ0n) is 17.7. The molecule has 34 heavy (non-hydrogen) atoms. The highest BCUT2D eigenvalue weighted by atomic mass is 32.2. The third-order valence-electron chi connectivity index (χ3n) is 5.62. The summed E-state index contributed by atoms with van der Waals surface area (Å²) in [6, 6.07) is 2.80. The highest BCUT2D eigenvalue weighted by Gasteiger charge is 2.59. The van der Waals surface area contributed by atoms with Crippen LogP contribution in [-0.2, 0) is 19.6 Å². The smallest absolute Gasteiger partial charge is 0.481 e. The van der Waals surface area contributed by atoms with E-state index in [1.54, 1.807) is 0 Å². The number of rotatable bonds is 7. The van der Waals surface area contributed by atoms with Crippen LogP contribution in [0.4, 0.5) is 17.6 Å². The SMILES string of the molecule is NC/C(=C/F)COc1ccc(S(=O)(=O)N2CCC3(CC2)CC3C(=O)O)cn1.O=C(O)C(F)(F)F. The van der Waals surface area contributed by atoms with Gasteiger partial charge in [-0.05, 0) is 30.7 Å². The Kier molecular flexibility index (Phi) is 8.60. The lowest BCUT2D eigenvalue weighted by atomic mass is 9.92. The lowest BCUT2D eigenvalue weighted by Crippen LogP contribution is -2.39. The number of aliphatic carboxylic acids is 2. The van der Waals surface area contributed by atoms with Gasteiger partial charge in [0.1, 0.15) is 11.5 Å². The van der Waals surface area contributed by atoms with Crippen molar-refractivity contribution in [2.45, 2.75) is 30.3 Å². The van der Waals surface area contributed by atoms with Crippen molar-refractivity contribution in [1.29, 1.82) is 0 Å². The molecule has 1 saturated carbocycles. The Morgan fingerprint density at radius 2 is 1.85 bits per heavy atom. The van der Waals surface area contributed by atoms with Gasteiger partial charge in [-0.15, -0.1) is 0 Å². The average molecular weight is 513 g/mol. The second kappa shape index (κ2) is 10.7. The summed E-state index contributed by atoms with van der Waals surface area (Å²) in [4.78, 5) is 24.0. The molecule has 2 aliphatic rings. The van der Waals surface area contributed by atoms with E-state index in [1.165, 1.54) is 22.6 Å². The van der Waals surface area contributed by atoms with Gasteiger partial charge >= 0.3 is 18.1 Å². The Morgan fingerprint density at radius 3 is 2.24 bits per heavy atom. The van der Waals surface area contributed by atoms with E-state index < -0.39 is 28.1 Å². The third-order valence-corrected chi connectivity index (χ3v) is 7.50. The van der Waals surface area contributed by atoms with Crippen LogP contribution in [0.2, 0.25) is 0 Å². The summed E-state index contributed by atoms with van der Waals surface area (Å²) in [6.45, 7) is 0.546. The van der Waals surface area contributed by atoms with Crippen molar-refractivity contribution in [2.24, 2.45) is 17.1 Å². The maximum atomic E-state index is 12.8. The van der Waals surface area contributed by atoms with E-state index >= 15 is 0 Å². The molecule has 190 valence electrons. The van der Waals surface area contributed by atoms with Crippen LogP contribution in [0.5, 0.6) is 5.88 Å². The molecule has 2 fully saturated rings. The van der Waals surface area contributed by atoms with Crippen LogP contribution in [0.15, 0.2) is 35.1 Å². The van der Waals surface area contributed by atoms with Gasteiger partial charge in [0.15, 0.2) is 0 Å². The maximum absolute atomic E-state index is 12.8. The van der Waals surface area contributed by atoms with E-state index in [0.717, 1.165) is 0 Å². The van der Waals surface area contributed by atoms with Crippen LogP contribution < -0.4 is 10.5 Å². The molecular formula is C19H23F4N3O7S. The standard InChI is InChI=1S/C17H22FN3O5S.C2HF3O2/c18-8-12(9-19)11-26-15-2-1-13(10-20-15)27(24,25)21-5-3-17(4-6-21)7-14(17)16(22)23;3-2(4,5)1(6)7/h1-2,8,10,14H,3-7,9,11,19H2,(H,22,23);(H,6,7)/b12-8-;. The molecule has 1 aliphatic heterocycles. The number of carboxylic acid groups (broad SMARTS) is 2. The molecule has 1 aromatic rings. The van der Waals surface area contributed by atoms with Gasteiger partial charge in [0.2, 0.25) is 15.9 Å². The molecule has 1 aromatic heterocycles. The van der Waals surface area contributed by atoms with Crippen molar-refractivity contribution < 1.29 is 50.5 Å². The zero-order chi connectivity index (χ0) is 25.7. The number of pyridine rings is 1. The second-order valence-corrected chi connectivity index (χ2v) is 9.69. The van der Waals surface area contributed by atoms with Crippen molar-refractivity contribution in [1.82, 2.24) is 9.29 Å². The molecule has 1 unspecified atom stereocenters. The quantitative estimate of drug-likeness (QED) is 0.462. The number of ether oxygens (including phenoxy) is 1. The van der Waals surface area contributed by atoms with E-state index in [-0.39, 0.29) is 40.8 Å². The summed E-state index contributed by atoms with van der Waals surface area (Å²) in [5, 5.41) is 16.3. The van der Waals surface area contributed by atoms with Gasteiger partial charge in [0, 0.05) is 31.3 Å². The van der Waals surface area contributed by atoms with E-state index in [1.807, 2.05) is 0 Å². The highest BCUT2D eigenvalue weighted by Crippen LogP contribution is 2.59. The highest BCUT2D eigenvalue weighted by molar-refractivity contribution is 7.89. The Balaban J connectivity index is 0.000000509. The molecular weight excluding hydrogens is 490 g/mol. The van der Waals surface area contributed by atoms with Gasteiger partial charge in [0.05, 0.1) is 18.4 Å². The number of aromatic nitrogens is 1. The number of piperidine rings is 1. The monoisotopic (exact) mass is 513 g/mol. The predicted octanol–water partition coefficient (Wildman–Crippen LogP) is 1.78. The van der Waals surface area contributed by atoms with Crippen LogP contribution >= 0.6 is 0 Å². The minimum Gasteiger partial charge on any atom is -0.481 e. The van der Waals surface area contributed by atoms with E-state index in [9.17, 15) is 30.8 Å². The van der Waals surface area contributed by atoms with Crippen LogP contribution in [0.25, 0.3) is 0 Å². The van der Waals surface area contributed by atoms with Crippen LogP contribution in [0.1, 0.15) is 19.3 Å². The lowest BCUT2D eigenvalue weighted by Gasteiger charge is -2.31. The first kappa shape index (κ1) is 27.5. The van der Waals surface area contributed by atoms with Gasteiger partial charge in [-0.1, -0.05) is 0 Å². The number of hydrogen-bond acceptors (Lipinski definition) is 7. The van der Waals surface area contributed by atoms with Crippen molar-refractivity contribution in [2.75, 3.05) is 26.2 Å². The fourth-order valence-electron chi connectivity index (χ4n) is 3.48. The number of nitrogens with zero attached hydrogens (tertiary/aromatic N) is 2. The normalized spacial score (nSPS) is 20.3. The fraction of sp³-hybridized carbons (Fsp3) is 0.526. The summed E-state index contributed by atoms with van der Waals surface area (Å²) < 4.78 is 76.3. The largest absolute Gasteiger partial charge is 0.490 e. The number of carboxylic acids is 2. The lowest BCUT2D eigenvalue weighted by molar-refractivity contribution is -0.192. The first-order valence-electron chi connectivity index (χ1n) is 9.87. The molecule has 2 heterocycles. The molecule has 3 rings (SSSR count). The Bertz CT molecular complexity index is 1020. The number of nitrogens with two attached hydrogens (primary N) is 1. The molecule has 1 spiro atoms. The molecule has 0 amide bonds. The summed E-state index contributed by atoms with van der Waals surface area (Å²) in [5.41, 5.74) is 5.36. The molecule has 0 radical (unpaired) electrons.